The summed E-state index contributed by atoms with van der Waals surface area (Å²) in [6.45, 7) is 4.48. The van der Waals surface area contributed by atoms with E-state index in [2.05, 4.69) is 33.0 Å². The molecule has 1 aromatic heterocycles. The molecule has 2 aliphatic rings. The lowest BCUT2D eigenvalue weighted by Gasteiger charge is -2.36. The van der Waals surface area contributed by atoms with Crippen molar-refractivity contribution in [2.75, 3.05) is 36.8 Å². The van der Waals surface area contributed by atoms with Crippen LogP contribution in [0.5, 0.6) is 0 Å². The molecule has 0 radical (unpaired) electrons. The van der Waals surface area contributed by atoms with Crippen molar-refractivity contribution in [3.63, 3.8) is 0 Å². The summed E-state index contributed by atoms with van der Waals surface area (Å²) in [4.78, 5) is 9.40. The largest absolute Gasteiger partial charge is 0.396 e. The van der Waals surface area contributed by atoms with E-state index in [1.54, 1.807) is 0 Å². The van der Waals surface area contributed by atoms with Crippen LogP contribution in [0, 0.1) is 0 Å². The maximum Gasteiger partial charge on any atom is 0.0724 e. The summed E-state index contributed by atoms with van der Waals surface area (Å²) in [5.41, 5.74) is 9.38. The van der Waals surface area contributed by atoms with E-state index in [0.717, 1.165) is 48.8 Å². The Morgan fingerprint density at radius 3 is 2.60 bits per heavy atom. The second-order valence-corrected chi connectivity index (χ2v) is 5.82. The minimum absolute atomic E-state index is 0.871. The van der Waals surface area contributed by atoms with Crippen molar-refractivity contribution in [3.05, 3.63) is 30.5 Å². The Morgan fingerprint density at radius 1 is 1.05 bits per heavy atom. The smallest absolute Gasteiger partial charge is 0.0724 e. The van der Waals surface area contributed by atoms with Gasteiger partial charge in [0.25, 0.3) is 0 Å². The Labute approximate surface area is 119 Å². The minimum Gasteiger partial charge on any atom is -0.396 e. The summed E-state index contributed by atoms with van der Waals surface area (Å²) in [6.07, 6.45) is 4.60. The van der Waals surface area contributed by atoms with Gasteiger partial charge in [0, 0.05) is 43.8 Å². The molecule has 1 aliphatic heterocycles. The first-order valence-corrected chi connectivity index (χ1v) is 7.45. The van der Waals surface area contributed by atoms with E-state index in [1.165, 1.54) is 18.5 Å². The molecule has 104 valence electrons. The lowest BCUT2D eigenvalue weighted by atomic mass is 10.1. The molecule has 20 heavy (non-hydrogen) atoms. The number of rotatable bonds is 2. The molecule has 2 heterocycles. The van der Waals surface area contributed by atoms with Crippen molar-refractivity contribution in [1.82, 2.24) is 9.88 Å². The van der Waals surface area contributed by atoms with Gasteiger partial charge in [-0.2, -0.15) is 0 Å². The summed E-state index contributed by atoms with van der Waals surface area (Å²) in [5.74, 6) is 0. The maximum absolute atomic E-state index is 6.36. The summed E-state index contributed by atoms with van der Waals surface area (Å²) in [5, 5.41) is 1.06. The van der Waals surface area contributed by atoms with Gasteiger partial charge < -0.3 is 10.6 Å². The van der Waals surface area contributed by atoms with Crippen LogP contribution in [0.4, 0.5) is 11.4 Å². The number of pyridine rings is 1. The van der Waals surface area contributed by atoms with E-state index in [-0.39, 0.29) is 0 Å². The summed E-state index contributed by atoms with van der Waals surface area (Å²) < 4.78 is 0. The molecule has 1 saturated heterocycles. The zero-order chi connectivity index (χ0) is 13.5. The second kappa shape index (κ2) is 4.63. The highest BCUT2D eigenvalue weighted by Crippen LogP contribution is 2.33. The molecular formula is C16H20N4. The van der Waals surface area contributed by atoms with E-state index >= 15 is 0 Å². The van der Waals surface area contributed by atoms with E-state index in [4.69, 9.17) is 5.73 Å². The number of fused-ring (bicyclic) bond motifs is 1. The standard InChI is InChI=1S/C16H20N4/c17-16-13-2-1-7-18-14(13)5-6-15(16)20-10-8-19(9-11-20)12-3-4-12/h1-2,5-7,12H,3-4,8-11,17H2. The van der Waals surface area contributed by atoms with Gasteiger partial charge >= 0.3 is 0 Å². The first-order chi connectivity index (χ1) is 9.83. The fraction of sp³-hybridized carbons (Fsp3) is 0.438. The Kier molecular flexibility index (Phi) is 2.77. The predicted octanol–water partition coefficient (Wildman–Crippen LogP) is 2.10. The molecule has 0 spiro atoms. The molecule has 2 fully saturated rings. The fourth-order valence-electron chi connectivity index (χ4n) is 3.21. The van der Waals surface area contributed by atoms with Gasteiger partial charge in [-0.3, -0.25) is 9.88 Å². The van der Waals surface area contributed by atoms with E-state index in [1.807, 2.05) is 12.3 Å². The van der Waals surface area contributed by atoms with Crippen LogP contribution in [0.1, 0.15) is 12.8 Å². The average Bonchev–Trinajstić information content (AvgIpc) is 3.33. The maximum atomic E-state index is 6.36. The Balaban J connectivity index is 1.60. The predicted molar refractivity (Wildman–Crippen MR) is 83.0 cm³/mol. The number of benzene rings is 1. The summed E-state index contributed by atoms with van der Waals surface area (Å²) in [7, 11) is 0. The van der Waals surface area contributed by atoms with Gasteiger partial charge in [0.15, 0.2) is 0 Å². The third-order valence-electron chi connectivity index (χ3n) is 4.52. The molecule has 4 nitrogen and oxygen atoms in total. The molecule has 2 N–H and O–H groups in total. The fourth-order valence-corrected chi connectivity index (χ4v) is 3.21. The summed E-state index contributed by atoms with van der Waals surface area (Å²) in [6, 6.07) is 9.08. The van der Waals surface area contributed by atoms with Crippen molar-refractivity contribution < 1.29 is 0 Å². The quantitative estimate of drug-likeness (QED) is 0.847. The van der Waals surface area contributed by atoms with Crippen molar-refractivity contribution >= 4 is 22.3 Å². The first kappa shape index (κ1) is 12.0. The molecule has 1 aromatic carbocycles. The molecular weight excluding hydrogens is 248 g/mol. The van der Waals surface area contributed by atoms with Gasteiger partial charge in [-0.25, -0.2) is 0 Å². The topological polar surface area (TPSA) is 45.4 Å². The first-order valence-electron chi connectivity index (χ1n) is 7.45. The Morgan fingerprint density at radius 2 is 1.85 bits per heavy atom. The molecule has 1 saturated carbocycles. The highest BCUT2D eigenvalue weighted by atomic mass is 15.3. The van der Waals surface area contributed by atoms with Crippen molar-refractivity contribution in [2.45, 2.75) is 18.9 Å². The molecule has 4 rings (SSSR count). The molecule has 4 heteroatoms. The number of aromatic nitrogens is 1. The SMILES string of the molecule is Nc1c(N2CCN(C3CC3)CC2)ccc2ncccc12. The number of piperazine rings is 1. The Hall–Kier alpha value is -1.81. The lowest BCUT2D eigenvalue weighted by molar-refractivity contribution is 0.248. The molecule has 0 unspecified atom stereocenters. The highest BCUT2D eigenvalue weighted by Gasteiger charge is 2.31. The van der Waals surface area contributed by atoms with Gasteiger partial charge in [0.1, 0.15) is 0 Å². The number of hydrogen-bond acceptors (Lipinski definition) is 4. The molecule has 2 aromatic rings. The second-order valence-electron chi connectivity index (χ2n) is 5.82. The van der Waals surface area contributed by atoms with Gasteiger partial charge in [-0.1, -0.05) is 0 Å². The average molecular weight is 268 g/mol. The van der Waals surface area contributed by atoms with Crippen molar-refractivity contribution in [2.24, 2.45) is 0 Å². The van der Waals surface area contributed by atoms with Crippen LogP contribution < -0.4 is 10.6 Å². The van der Waals surface area contributed by atoms with Crippen molar-refractivity contribution in [1.29, 1.82) is 0 Å². The van der Waals surface area contributed by atoms with Gasteiger partial charge in [-0.15, -0.1) is 0 Å². The third kappa shape index (κ3) is 2.00. The number of hydrogen-bond donors (Lipinski definition) is 1. The number of nitrogens with zero attached hydrogens (tertiary/aromatic N) is 3. The van der Waals surface area contributed by atoms with E-state index < -0.39 is 0 Å². The summed E-state index contributed by atoms with van der Waals surface area (Å²) >= 11 is 0. The van der Waals surface area contributed by atoms with Crippen LogP contribution in [-0.2, 0) is 0 Å². The molecule has 0 amide bonds. The molecule has 1 aliphatic carbocycles. The zero-order valence-electron chi connectivity index (χ0n) is 11.6. The van der Waals surface area contributed by atoms with Crippen LogP contribution in [0.3, 0.4) is 0 Å². The normalized spacial score (nSPS) is 20.5. The Bertz CT molecular complexity index is 627. The van der Waals surface area contributed by atoms with Crippen LogP contribution in [0.2, 0.25) is 0 Å². The van der Waals surface area contributed by atoms with Gasteiger partial charge in [0.05, 0.1) is 16.9 Å². The van der Waals surface area contributed by atoms with E-state index in [0.29, 0.717) is 0 Å². The van der Waals surface area contributed by atoms with Crippen LogP contribution in [0.15, 0.2) is 30.5 Å². The minimum atomic E-state index is 0.871. The number of anilines is 2. The highest BCUT2D eigenvalue weighted by molar-refractivity contribution is 5.97. The van der Waals surface area contributed by atoms with Gasteiger partial charge in [-0.05, 0) is 37.1 Å². The molecule has 0 bridgehead atoms. The van der Waals surface area contributed by atoms with Gasteiger partial charge in [0.2, 0.25) is 0 Å². The molecule has 0 atom stereocenters. The lowest BCUT2D eigenvalue weighted by Crippen LogP contribution is -2.47. The third-order valence-corrected chi connectivity index (χ3v) is 4.52. The van der Waals surface area contributed by atoms with Crippen molar-refractivity contribution in [3.8, 4) is 0 Å². The van der Waals surface area contributed by atoms with Crippen LogP contribution >= 0.6 is 0 Å². The van der Waals surface area contributed by atoms with Crippen LogP contribution in [0.25, 0.3) is 10.9 Å². The zero-order valence-corrected chi connectivity index (χ0v) is 11.6. The van der Waals surface area contributed by atoms with E-state index in [9.17, 15) is 0 Å². The number of nitrogens with two attached hydrogens (primary N) is 1. The van der Waals surface area contributed by atoms with Crippen LogP contribution in [-0.4, -0.2) is 42.1 Å². The monoisotopic (exact) mass is 268 g/mol. The number of nitrogen functional groups attached to an aromatic ring is 1.